The van der Waals surface area contributed by atoms with E-state index in [0.717, 1.165) is 11.1 Å². The maximum absolute atomic E-state index is 12.1. The molecule has 0 aliphatic carbocycles. The van der Waals surface area contributed by atoms with E-state index < -0.39 is 0 Å². The highest BCUT2D eigenvalue weighted by atomic mass is 32.2. The average Bonchev–Trinajstić information content (AvgIpc) is 2.74. The molecule has 0 bridgehead atoms. The first kappa shape index (κ1) is 20.0. The zero-order valence-electron chi connectivity index (χ0n) is 15.5. The van der Waals surface area contributed by atoms with Gasteiger partial charge < -0.3 is 15.0 Å². The van der Waals surface area contributed by atoms with E-state index in [9.17, 15) is 9.59 Å². The molecule has 1 aliphatic rings. The highest BCUT2D eigenvalue weighted by molar-refractivity contribution is 8.00. The number of carbonyl (C=O) groups is 2. The molecule has 2 amide bonds. The van der Waals surface area contributed by atoms with Crippen molar-refractivity contribution < 1.29 is 14.3 Å². The number of carbonyl (C=O) groups excluding carboxylic acids is 2. The van der Waals surface area contributed by atoms with Crippen molar-refractivity contribution in [3.05, 3.63) is 65.7 Å². The number of nitrogens with zero attached hydrogens (tertiary/aromatic N) is 1. The summed E-state index contributed by atoms with van der Waals surface area (Å²) in [7, 11) is 0. The van der Waals surface area contributed by atoms with Crippen LogP contribution in [0.15, 0.2) is 54.6 Å². The second-order valence-corrected chi connectivity index (χ2v) is 7.22. The summed E-state index contributed by atoms with van der Waals surface area (Å²) in [6, 6.07) is 17.2. The summed E-state index contributed by atoms with van der Waals surface area (Å²) in [5, 5.41) is 2.86. The van der Waals surface area contributed by atoms with E-state index in [-0.39, 0.29) is 17.6 Å². The summed E-state index contributed by atoms with van der Waals surface area (Å²) < 4.78 is 5.24. The molecule has 144 valence electrons. The molecular weight excluding hydrogens is 372 g/mol. The van der Waals surface area contributed by atoms with Gasteiger partial charge in [-0.1, -0.05) is 36.1 Å². The number of benzene rings is 2. The minimum Gasteiger partial charge on any atom is -0.378 e. The van der Waals surface area contributed by atoms with Crippen molar-refractivity contribution in [3.8, 4) is 11.8 Å². The van der Waals surface area contributed by atoms with Gasteiger partial charge >= 0.3 is 0 Å². The lowest BCUT2D eigenvalue weighted by molar-refractivity contribution is -0.132. The number of ether oxygens (including phenoxy) is 1. The summed E-state index contributed by atoms with van der Waals surface area (Å²) in [5.41, 5.74) is 2.47. The second kappa shape index (κ2) is 10.5. The van der Waals surface area contributed by atoms with E-state index >= 15 is 0 Å². The predicted octanol–water partition coefficient (Wildman–Crippen LogP) is 2.62. The number of thioether (sulfide) groups is 1. The van der Waals surface area contributed by atoms with Gasteiger partial charge in [0.05, 0.1) is 24.7 Å². The SMILES string of the molecule is O=C(CSCC(=O)N1CCOCC1)Nc1cccc(C#Cc2ccccc2)c1. The molecule has 0 saturated carbocycles. The van der Waals surface area contributed by atoms with Crippen LogP contribution in [0.2, 0.25) is 0 Å². The van der Waals surface area contributed by atoms with E-state index in [1.807, 2.05) is 54.6 Å². The molecular formula is C22H22N2O3S. The number of morpholine rings is 1. The molecule has 1 N–H and O–H groups in total. The fraction of sp³-hybridized carbons (Fsp3) is 0.273. The second-order valence-electron chi connectivity index (χ2n) is 6.23. The summed E-state index contributed by atoms with van der Waals surface area (Å²) in [5.74, 6) is 6.66. The van der Waals surface area contributed by atoms with Crippen molar-refractivity contribution in [2.75, 3.05) is 43.1 Å². The van der Waals surface area contributed by atoms with Crippen LogP contribution in [0.25, 0.3) is 0 Å². The topological polar surface area (TPSA) is 58.6 Å². The van der Waals surface area contributed by atoms with Crippen LogP contribution in [0.1, 0.15) is 11.1 Å². The third-order valence-corrected chi connectivity index (χ3v) is 5.01. The van der Waals surface area contributed by atoms with Crippen LogP contribution in [0.5, 0.6) is 0 Å². The van der Waals surface area contributed by atoms with E-state index in [0.29, 0.717) is 37.7 Å². The predicted molar refractivity (Wildman–Crippen MR) is 112 cm³/mol. The number of nitrogens with one attached hydrogen (secondary N) is 1. The van der Waals surface area contributed by atoms with Gasteiger partial charge in [-0.05, 0) is 30.3 Å². The molecule has 0 spiro atoms. The maximum Gasteiger partial charge on any atom is 0.234 e. The van der Waals surface area contributed by atoms with Gasteiger partial charge in [0.2, 0.25) is 11.8 Å². The zero-order chi connectivity index (χ0) is 19.6. The van der Waals surface area contributed by atoms with Gasteiger partial charge in [0.15, 0.2) is 0 Å². The first-order chi connectivity index (χ1) is 13.7. The zero-order valence-corrected chi connectivity index (χ0v) is 16.3. The van der Waals surface area contributed by atoms with Crippen LogP contribution < -0.4 is 5.32 Å². The lowest BCUT2D eigenvalue weighted by Gasteiger charge is -2.26. The molecule has 28 heavy (non-hydrogen) atoms. The molecule has 1 fully saturated rings. The molecule has 5 nitrogen and oxygen atoms in total. The van der Waals surface area contributed by atoms with Gasteiger partial charge in [0, 0.05) is 29.9 Å². The molecule has 1 saturated heterocycles. The van der Waals surface area contributed by atoms with Gasteiger partial charge in [0.25, 0.3) is 0 Å². The number of anilines is 1. The Hall–Kier alpha value is -2.75. The number of rotatable bonds is 5. The molecule has 2 aromatic carbocycles. The van der Waals surface area contributed by atoms with Gasteiger partial charge in [-0.15, -0.1) is 11.8 Å². The number of amides is 2. The van der Waals surface area contributed by atoms with Crippen molar-refractivity contribution in [2.24, 2.45) is 0 Å². The van der Waals surface area contributed by atoms with Crippen LogP contribution >= 0.6 is 11.8 Å². The van der Waals surface area contributed by atoms with Crippen molar-refractivity contribution in [3.63, 3.8) is 0 Å². The molecule has 0 radical (unpaired) electrons. The van der Waals surface area contributed by atoms with Crippen LogP contribution in [-0.4, -0.2) is 54.5 Å². The Kier molecular flexibility index (Phi) is 7.53. The molecule has 3 rings (SSSR count). The van der Waals surface area contributed by atoms with Crippen molar-refractivity contribution >= 4 is 29.3 Å². The standard InChI is InChI=1S/C22H22N2O3S/c25-21(16-28-17-22(26)24-11-13-27-14-12-24)23-20-8-4-7-19(15-20)10-9-18-5-2-1-3-6-18/h1-8,15H,11-14,16-17H2,(H,23,25). The van der Waals surface area contributed by atoms with Crippen LogP contribution in [0, 0.1) is 11.8 Å². The minimum absolute atomic E-state index is 0.0549. The summed E-state index contributed by atoms with van der Waals surface area (Å²) >= 11 is 1.32. The third-order valence-electron chi connectivity index (χ3n) is 4.09. The maximum atomic E-state index is 12.1. The highest BCUT2D eigenvalue weighted by Crippen LogP contribution is 2.12. The normalized spacial score (nSPS) is 13.4. The lowest BCUT2D eigenvalue weighted by Crippen LogP contribution is -2.41. The van der Waals surface area contributed by atoms with Crippen molar-refractivity contribution in [2.45, 2.75) is 0 Å². The highest BCUT2D eigenvalue weighted by Gasteiger charge is 2.16. The molecule has 1 heterocycles. The van der Waals surface area contributed by atoms with Crippen molar-refractivity contribution in [1.29, 1.82) is 0 Å². The van der Waals surface area contributed by atoms with E-state index in [1.54, 1.807) is 4.90 Å². The smallest absolute Gasteiger partial charge is 0.234 e. The van der Waals surface area contributed by atoms with Gasteiger partial charge in [-0.2, -0.15) is 0 Å². The lowest BCUT2D eigenvalue weighted by atomic mass is 10.1. The van der Waals surface area contributed by atoms with Gasteiger partial charge in [-0.3, -0.25) is 9.59 Å². The fourth-order valence-electron chi connectivity index (χ4n) is 2.67. The Bertz CT molecular complexity index is 868. The van der Waals surface area contributed by atoms with E-state index in [1.165, 1.54) is 11.8 Å². The minimum atomic E-state index is -0.132. The summed E-state index contributed by atoms with van der Waals surface area (Å²) in [6.07, 6.45) is 0. The van der Waals surface area contributed by atoms with Gasteiger partial charge in [-0.25, -0.2) is 0 Å². The molecule has 0 atom stereocenters. The first-order valence-electron chi connectivity index (χ1n) is 9.11. The van der Waals surface area contributed by atoms with Crippen LogP contribution in [0.3, 0.4) is 0 Å². The molecule has 6 heteroatoms. The van der Waals surface area contributed by atoms with Crippen LogP contribution in [0.4, 0.5) is 5.69 Å². The largest absolute Gasteiger partial charge is 0.378 e. The Labute approximate surface area is 169 Å². The Morgan fingerprint density at radius 3 is 2.46 bits per heavy atom. The Morgan fingerprint density at radius 2 is 1.68 bits per heavy atom. The summed E-state index contributed by atoms with van der Waals surface area (Å²) in [4.78, 5) is 26.0. The number of hydrogen-bond acceptors (Lipinski definition) is 4. The Balaban J connectivity index is 1.46. The molecule has 0 aromatic heterocycles. The third kappa shape index (κ3) is 6.45. The molecule has 0 unspecified atom stereocenters. The molecule has 2 aromatic rings. The van der Waals surface area contributed by atoms with E-state index in [4.69, 9.17) is 4.74 Å². The monoisotopic (exact) mass is 394 g/mol. The van der Waals surface area contributed by atoms with Crippen LogP contribution in [-0.2, 0) is 14.3 Å². The first-order valence-corrected chi connectivity index (χ1v) is 10.3. The van der Waals surface area contributed by atoms with Crippen molar-refractivity contribution in [1.82, 2.24) is 4.90 Å². The Morgan fingerprint density at radius 1 is 0.964 bits per heavy atom. The fourth-order valence-corrected chi connectivity index (χ4v) is 3.39. The van der Waals surface area contributed by atoms with E-state index in [2.05, 4.69) is 17.2 Å². The number of hydrogen-bond donors (Lipinski definition) is 1. The molecule has 1 aliphatic heterocycles. The average molecular weight is 394 g/mol. The van der Waals surface area contributed by atoms with Gasteiger partial charge in [0.1, 0.15) is 0 Å². The summed E-state index contributed by atoms with van der Waals surface area (Å²) in [6.45, 7) is 2.42. The quantitative estimate of drug-likeness (QED) is 0.792.